The van der Waals surface area contributed by atoms with Gasteiger partial charge in [-0.2, -0.15) is 0 Å². The first-order chi connectivity index (χ1) is 11.6. The van der Waals surface area contributed by atoms with Gasteiger partial charge in [0.05, 0.1) is 6.04 Å². The van der Waals surface area contributed by atoms with E-state index in [0.29, 0.717) is 5.92 Å². The minimum absolute atomic E-state index is 0.00677. The number of rotatable bonds is 2. The molecule has 0 aliphatic carbocycles. The number of benzene rings is 3. The van der Waals surface area contributed by atoms with Gasteiger partial charge in [0.1, 0.15) is 5.75 Å². The summed E-state index contributed by atoms with van der Waals surface area (Å²) in [6.45, 7) is 4.37. The molecule has 0 saturated heterocycles. The van der Waals surface area contributed by atoms with Crippen molar-refractivity contribution in [3.8, 4) is 5.75 Å². The van der Waals surface area contributed by atoms with E-state index in [2.05, 4.69) is 95.8 Å². The summed E-state index contributed by atoms with van der Waals surface area (Å²) in [5.41, 5.74) is 2.48. The average molecular weight is 382 g/mol. The van der Waals surface area contributed by atoms with Crippen molar-refractivity contribution in [2.24, 2.45) is 5.92 Å². The highest BCUT2D eigenvalue weighted by atomic mass is 79.9. The number of hydrogen-bond donors (Lipinski definition) is 1. The van der Waals surface area contributed by atoms with Crippen molar-refractivity contribution in [3.05, 3.63) is 76.3 Å². The van der Waals surface area contributed by atoms with Crippen LogP contribution in [-0.2, 0) is 0 Å². The lowest BCUT2D eigenvalue weighted by Gasteiger charge is -2.36. The molecule has 2 atom stereocenters. The summed E-state index contributed by atoms with van der Waals surface area (Å²) in [6, 6.07) is 21.4. The van der Waals surface area contributed by atoms with E-state index in [1.54, 1.807) is 0 Å². The van der Waals surface area contributed by atoms with Gasteiger partial charge in [-0.25, -0.2) is 0 Å². The van der Waals surface area contributed by atoms with E-state index in [4.69, 9.17) is 4.74 Å². The summed E-state index contributed by atoms with van der Waals surface area (Å²) < 4.78 is 7.35. The van der Waals surface area contributed by atoms with Gasteiger partial charge < -0.3 is 4.74 Å². The van der Waals surface area contributed by atoms with Crippen LogP contribution in [0.4, 0.5) is 0 Å². The summed E-state index contributed by atoms with van der Waals surface area (Å²) in [4.78, 5) is 0. The Kier molecular flexibility index (Phi) is 4.07. The number of ether oxygens (including phenoxy) is 1. The predicted molar refractivity (Wildman–Crippen MR) is 102 cm³/mol. The van der Waals surface area contributed by atoms with E-state index in [1.807, 2.05) is 0 Å². The molecule has 122 valence electrons. The Morgan fingerprint density at radius 3 is 2.46 bits per heavy atom. The molecule has 3 aromatic rings. The Labute approximate surface area is 151 Å². The summed E-state index contributed by atoms with van der Waals surface area (Å²) in [5.74, 6) is 1.38. The minimum atomic E-state index is 0.00677. The third-order valence-corrected chi connectivity index (χ3v) is 5.14. The lowest BCUT2D eigenvalue weighted by atomic mass is 9.91. The van der Waals surface area contributed by atoms with Gasteiger partial charge in [-0.3, -0.25) is 5.32 Å². The molecule has 1 N–H and O–H groups in total. The molecule has 0 fully saturated rings. The Bertz CT molecular complexity index is 873. The monoisotopic (exact) mass is 381 g/mol. The molecule has 0 bridgehead atoms. The van der Waals surface area contributed by atoms with Crippen LogP contribution in [0.2, 0.25) is 0 Å². The Morgan fingerprint density at radius 1 is 0.958 bits per heavy atom. The highest BCUT2D eigenvalue weighted by molar-refractivity contribution is 9.10. The third kappa shape index (κ3) is 2.72. The second kappa shape index (κ2) is 6.23. The summed E-state index contributed by atoms with van der Waals surface area (Å²) in [6.07, 6.45) is 0.00677. The van der Waals surface area contributed by atoms with Crippen molar-refractivity contribution in [1.82, 2.24) is 5.32 Å². The molecule has 0 unspecified atom stereocenters. The fourth-order valence-electron chi connectivity index (χ4n) is 3.34. The Hall–Kier alpha value is -1.84. The largest absolute Gasteiger partial charge is 0.475 e. The van der Waals surface area contributed by atoms with E-state index in [-0.39, 0.29) is 12.3 Å². The van der Waals surface area contributed by atoms with Gasteiger partial charge in [-0.1, -0.05) is 72.2 Å². The molecule has 4 rings (SSSR count). The van der Waals surface area contributed by atoms with Crippen molar-refractivity contribution in [1.29, 1.82) is 0 Å². The second-order valence-electron chi connectivity index (χ2n) is 6.63. The van der Waals surface area contributed by atoms with Crippen LogP contribution in [-0.4, -0.2) is 6.23 Å². The van der Waals surface area contributed by atoms with Gasteiger partial charge in [-0.15, -0.1) is 0 Å². The third-order valence-electron chi connectivity index (χ3n) is 4.61. The van der Waals surface area contributed by atoms with Crippen molar-refractivity contribution in [2.45, 2.75) is 26.1 Å². The number of fused-ring (bicyclic) bond motifs is 3. The molecule has 1 aliphatic heterocycles. The molecule has 0 spiro atoms. The standard InChI is InChI=1S/C21H20BrNO/c1-13(2)21-23-20(15-7-10-16(22)11-8-15)19-17-6-4-3-5-14(17)9-12-18(19)24-21/h3-13,20-21,23H,1-2H3/t20-,21+/m0/s1. The van der Waals surface area contributed by atoms with Gasteiger partial charge in [0.2, 0.25) is 0 Å². The maximum atomic E-state index is 6.26. The first-order valence-corrected chi connectivity index (χ1v) is 9.12. The fourth-order valence-corrected chi connectivity index (χ4v) is 3.61. The van der Waals surface area contributed by atoms with Crippen LogP contribution in [0.1, 0.15) is 31.0 Å². The highest BCUT2D eigenvalue weighted by Gasteiger charge is 2.31. The zero-order valence-electron chi connectivity index (χ0n) is 13.8. The van der Waals surface area contributed by atoms with Crippen LogP contribution in [0.15, 0.2) is 65.1 Å². The van der Waals surface area contributed by atoms with Crippen LogP contribution in [0.25, 0.3) is 10.8 Å². The van der Waals surface area contributed by atoms with Crippen molar-refractivity contribution < 1.29 is 4.74 Å². The van der Waals surface area contributed by atoms with Crippen molar-refractivity contribution in [2.75, 3.05) is 0 Å². The van der Waals surface area contributed by atoms with Crippen molar-refractivity contribution >= 4 is 26.7 Å². The molecule has 0 amide bonds. The second-order valence-corrected chi connectivity index (χ2v) is 7.55. The molecule has 0 saturated carbocycles. The minimum Gasteiger partial charge on any atom is -0.475 e. The molecule has 1 aliphatic rings. The molecule has 0 aromatic heterocycles. The van der Waals surface area contributed by atoms with Crippen molar-refractivity contribution in [3.63, 3.8) is 0 Å². The van der Waals surface area contributed by atoms with Crippen LogP contribution in [0, 0.1) is 5.92 Å². The Balaban J connectivity index is 1.92. The molecule has 3 heteroatoms. The lowest BCUT2D eigenvalue weighted by Crippen LogP contribution is -2.45. The zero-order valence-corrected chi connectivity index (χ0v) is 15.4. The topological polar surface area (TPSA) is 21.3 Å². The predicted octanol–water partition coefficient (Wildman–Crippen LogP) is 5.66. The first-order valence-electron chi connectivity index (χ1n) is 8.33. The van der Waals surface area contributed by atoms with Crippen LogP contribution < -0.4 is 10.1 Å². The smallest absolute Gasteiger partial charge is 0.153 e. The van der Waals surface area contributed by atoms with E-state index in [1.165, 1.54) is 21.9 Å². The average Bonchev–Trinajstić information content (AvgIpc) is 2.61. The van der Waals surface area contributed by atoms with Gasteiger partial charge in [0.25, 0.3) is 0 Å². The SMILES string of the molecule is CC(C)[C@@H]1N[C@@H](c2ccc(Br)cc2)c2c(ccc3ccccc23)O1. The van der Waals surface area contributed by atoms with E-state index < -0.39 is 0 Å². The maximum absolute atomic E-state index is 6.26. The lowest BCUT2D eigenvalue weighted by molar-refractivity contribution is 0.0891. The molecule has 3 aromatic carbocycles. The molecule has 24 heavy (non-hydrogen) atoms. The Morgan fingerprint density at radius 2 is 1.71 bits per heavy atom. The number of hydrogen-bond acceptors (Lipinski definition) is 2. The molecular weight excluding hydrogens is 362 g/mol. The first kappa shape index (κ1) is 15.7. The van der Waals surface area contributed by atoms with E-state index in [9.17, 15) is 0 Å². The van der Waals surface area contributed by atoms with Gasteiger partial charge in [0.15, 0.2) is 6.23 Å². The summed E-state index contributed by atoms with van der Waals surface area (Å²) in [5, 5.41) is 6.19. The van der Waals surface area contributed by atoms with E-state index in [0.717, 1.165) is 10.2 Å². The summed E-state index contributed by atoms with van der Waals surface area (Å²) >= 11 is 3.53. The number of halogens is 1. The normalized spacial score (nSPS) is 20.0. The molecule has 1 heterocycles. The summed E-state index contributed by atoms with van der Waals surface area (Å²) in [7, 11) is 0. The van der Waals surface area contributed by atoms with Gasteiger partial charge in [0, 0.05) is 16.0 Å². The van der Waals surface area contributed by atoms with Gasteiger partial charge in [-0.05, 0) is 34.5 Å². The number of nitrogens with one attached hydrogen (secondary N) is 1. The fraction of sp³-hybridized carbons (Fsp3) is 0.238. The maximum Gasteiger partial charge on any atom is 0.153 e. The molecular formula is C21H20BrNO. The highest BCUT2D eigenvalue weighted by Crippen LogP contribution is 2.40. The van der Waals surface area contributed by atoms with Gasteiger partial charge >= 0.3 is 0 Å². The van der Waals surface area contributed by atoms with Crippen LogP contribution in [0.5, 0.6) is 5.75 Å². The van der Waals surface area contributed by atoms with E-state index >= 15 is 0 Å². The molecule has 2 nitrogen and oxygen atoms in total. The quantitative estimate of drug-likeness (QED) is 0.618. The zero-order chi connectivity index (χ0) is 16.7. The van der Waals surface area contributed by atoms with Crippen LogP contribution in [0.3, 0.4) is 0 Å². The van der Waals surface area contributed by atoms with Crippen LogP contribution >= 0.6 is 15.9 Å². The molecule has 0 radical (unpaired) electrons.